The van der Waals surface area contributed by atoms with Crippen molar-refractivity contribution in [3.05, 3.63) is 42.5 Å². The second kappa shape index (κ2) is 4.52. The van der Waals surface area contributed by atoms with Crippen molar-refractivity contribution in [2.45, 2.75) is 26.3 Å². The van der Waals surface area contributed by atoms with Gasteiger partial charge in [-0.3, -0.25) is 0 Å². The van der Waals surface area contributed by atoms with E-state index in [9.17, 15) is 10.2 Å². The highest BCUT2D eigenvalue weighted by atomic mass is 16.3. The van der Waals surface area contributed by atoms with Crippen molar-refractivity contribution in [2.24, 2.45) is 0 Å². The van der Waals surface area contributed by atoms with Crippen LogP contribution in [0.25, 0.3) is 22.4 Å². The molecule has 4 heteroatoms. The van der Waals surface area contributed by atoms with E-state index in [1.165, 1.54) is 6.07 Å². The predicted octanol–water partition coefficient (Wildman–Crippen LogP) is 3.87. The molecule has 4 nitrogen and oxygen atoms in total. The summed E-state index contributed by atoms with van der Waals surface area (Å²) in [4.78, 5) is 4.64. The Morgan fingerprint density at radius 1 is 0.952 bits per heavy atom. The number of hydrogen-bond acceptors (Lipinski definition) is 3. The summed E-state index contributed by atoms with van der Waals surface area (Å²) in [7, 11) is 0. The molecule has 2 N–H and O–H groups in total. The van der Waals surface area contributed by atoms with Gasteiger partial charge in [0.1, 0.15) is 5.82 Å². The summed E-state index contributed by atoms with van der Waals surface area (Å²) in [6.45, 7) is 6.26. The molecule has 0 unspecified atom stereocenters. The van der Waals surface area contributed by atoms with Crippen molar-refractivity contribution in [2.75, 3.05) is 0 Å². The molecule has 0 bridgehead atoms. The number of benzene rings is 2. The molecule has 0 aliphatic carbocycles. The Bertz CT molecular complexity index is 813. The summed E-state index contributed by atoms with van der Waals surface area (Å²) in [5.41, 5.74) is 2.19. The number of fused-ring (bicyclic) bond motifs is 1. The average molecular weight is 282 g/mol. The average Bonchev–Trinajstić information content (AvgIpc) is 2.80. The third kappa shape index (κ3) is 2.13. The van der Waals surface area contributed by atoms with E-state index in [1.807, 2.05) is 24.3 Å². The molecular weight excluding hydrogens is 264 g/mol. The zero-order chi connectivity index (χ0) is 15.2. The fourth-order valence-corrected chi connectivity index (χ4v) is 2.60. The van der Waals surface area contributed by atoms with Crippen LogP contribution in [0, 0.1) is 0 Å². The maximum atomic E-state index is 10.2. The molecule has 0 radical (unpaired) electrons. The number of rotatable bonds is 1. The highest BCUT2D eigenvalue weighted by Crippen LogP contribution is 2.39. The van der Waals surface area contributed by atoms with Crippen LogP contribution in [0.2, 0.25) is 0 Å². The van der Waals surface area contributed by atoms with Crippen molar-refractivity contribution in [1.82, 2.24) is 9.55 Å². The zero-order valence-electron chi connectivity index (χ0n) is 12.3. The molecule has 0 aliphatic heterocycles. The van der Waals surface area contributed by atoms with E-state index < -0.39 is 0 Å². The molecule has 0 saturated carbocycles. The van der Waals surface area contributed by atoms with E-state index in [0.29, 0.717) is 11.4 Å². The third-order valence-corrected chi connectivity index (χ3v) is 3.49. The minimum absolute atomic E-state index is 0.139. The van der Waals surface area contributed by atoms with Gasteiger partial charge in [0, 0.05) is 5.54 Å². The van der Waals surface area contributed by atoms with E-state index in [-0.39, 0.29) is 17.0 Å². The van der Waals surface area contributed by atoms with Crippen molar-refractivity contribution in [3.8, 4) is 22.9 Å². The number of nitrogens with zero attached hydrogens (tertiary/aromatic N) is 2. The molecule has 3 aromatic rings. The van der Waals surface area contributed by atoms with Gasteiger partial charge in [-0.1, -0.05) is 18.2 Å². The highest BCUT2D eigenvalue weighted by Gasteiger charge is 2.24. The summed E-state index contributed by atoms with van der Waals surface area (Å²) in [5, 5.41) is 19.9. The predicted molar refractivity (Wildman–Crippen MR) is 83.5 cm³/mol. The molecule has 21 heavy (non-hydrogen) atoms. The van der Waals surface area contributed by atoms with Gasteiger partial charge in [-0.15, -0.1) is 0 Å². The van der Waals surface area contributed by atoms with Crippen LogP contribution in [-0.4, -0.2) is 19.8 Å². The zero-order valence-corrected chi connectivity index (χ0v) is 12.3. The number of para-hydroxylation sites is 3. The lowest BCUT2D eigenvalue weighted by atomic mass is 10.1. The van der Waals surface area contributed by atoms with E-state index in [1.54, 1.807) is 12.1 Å². The first-order chi connectivity index (χ1) is 9.89. The Morgan fingerprint density at radius 3 is 2.38 bits per heavy atom. The summed E-state index contributed by atoms with van der Waals surface area (Å²) in [5.74, 6) is 0.371. The monoisotopic (exact) mass is 282 g/mol. The molecule has 3 rings (SSSR count). The standard InChI is InChI=1S/C17H18N2O2/c1-17(2,3)19-13-9-5-4-8-12(13)18-16(19)11-7-6-10-14(20)15(11)21/h4-10,20-21H,1-3H3. The smallest absolute Gasteiger partial charge is 0.168 e. The van der Waals surface area contributed by atoms with Gasteiger partial charge in [-0.05, 0) is 45.0 Å². The topological polar surface area (TPSA) is 58.3 Å². The number of imidazole rings is 1. The second-order valence-corrected chi connectivity index (χ2v) is 6.10. The fourth-order valence-electron chi connectivity index (χ4n) is 2.60. The first kappa shape index (κ1) is 13.5. The minimum atomic E-state index is -0.205. The normalized spacial score (nSPS) is 12.0. The van der Waals surface area contributed by atoms with Crippen LogP contribution in [0.15, 0.2) is 42.5 Å². The lowest BCUT2D eigenvalue weighted by Gasteiger charge is -2.25. The number of phenolic OH excluding ortho intramolecular Hbond substituents is 2. The van der Waals surface area contributed by atoms with Gasteiger partial charge < -0.3 is 14.8 Å². The number of phenols is 2. The van der Waals surface area contributed by atoms with Crippen molar-refractivity contribution in [1.29, 1.82) is 0 Å². The molecule has 2 aromatic carbocycles. The number of aromatic nitrogens is 2. The first-order valence-electron chi connectivity index (χ1n) is 6.89. The molecule has 0 amide bonds. The summed E-state index contributed by atoms with van der Waals surface area (Å²) < 4.78 is 2.08. The van der Waals surface area contributed by atoms with Crippen LogP contribution in [0.3, 0.4) is 0 Å². The number of hydrogen-bond donors (Lipinski definition) is 2. The first-order valence-corrected chi connectivity index (χ1v) is 6.89. The quantitative estimate of drug-likeness (QED) is 0.666. The van der Waals surface area contributed by atoms with Gasteiger partial charge >= 0.3 is 0 Å². The molecule has 1 heterocycles. The second-order valence-electron chi connectivity index (χ2n) is 6.10. The highest BCUT2D eigenvalue weighted by molar-refractivity contribution is 5.83. The van der Waals surface area contributed by atoms with Crippen LogP contribution >= 0.6 is 0 Å². The van der Waals surface area contributed by atoms with Crippen molar-refractivity contribution in [3.63, 3.8) is 0 Å². The van der Waals surface area contributed by atoms with Crippen LogP contribution in [-0.2, 0) is 5.54 Å². The van der Waals surface area contributed by atoms with Crippen LogP contribution in [0.4, 0.5) is 0 Å². The molecule has 0 aliphatic rings. The van der Waals surface area contributed by atoms with Gasteiger partial charge in [0.05, 0.1) is 16.6 Å². The van der Waals surface area contributed by atoms with E-state index in [2.05, 4.69) is 30.3 Å². The maximum Gasteiger partial charge on any atom is 0.168 e. The van der Waals surface area contributed by atoms with Gasteiger partial charge in [0.2, 0.25) is 0 Å². The molecule has 108 valence electrons. The molecular formula is C17H18N2O2. The third-order valence-electron chi connectivity index (χ3n) is 3.49. The van der Waals surface area contributed by atoms with E-state index in [4.69, 9.17) is 0 Å². The van der Waals surface area contributed by atoms with Gasteiger partial charge in [-0.25, -0.2) is 4.98 Å². The molecule has 0 saturated heterocycles. The Balaban J connectivity index is 2.40. The maximum absolute atomic E-state index is 10.2. The van der Waals surface area contributed by atoms with Gasteiger partial charge in [0.15, 0.2) is 11.5 Å². The van der Waals surface area contributed by atoms with Gasteiger partial charge in [0.25, 0.3) is 0 Å². The van der Waals surface area contributed by atoms with Crippen molar-refractivity contribution >= 4 is 11.0 Å². The lowest BCUT2D eigenvalue weighted by Crippen LogP contribution is -2.22. The molecule has 0 fully saturated rings. The van der Waals surface area contributed by atoms with E-state index in [0.717, 1.165) is 11.0 Å². The minimum Gasteiger partial charge on any atom is -0.504 e. The Kier molecular flexibility index (Phi) is 2.90. The Labute approximate surface area is 123 Å². The Hall–Kier alpha value is -2.49. The lowest BCUT2D eigenvalue weighted by molar-refractivity contribution is 0.399. The molecule has 0 atom stereocenters. The largest absolute Gasteiger partial charge is 0.504 e. The summed E-state index contributed by atoms with van der Waals surface area (Å²) in [6.07, 6.45) is 0. The Morgan fingerprint density at radius 2 is 1.67 bits per heavy atom. The van der Waals surface area contributed by atoms with Crippen LogP contribution < -0.4 is 0 Å². The van der Waals surface area contributed by atoms with Crippen LogP contribution in [0.5, 0.6) is 11.5 Å². The fraction of sp³-hybridized carbons (Fsp3) is 0.235. The molecule has 0 spiro atoms. The summed E-state index contributed by atoms with van der Waals surface area (Å²) in [6, 6.07) is 12.8. The number of aromatic hydroxyl groups is 2. The van der Waals surface area contributed by atoms with E-state index >= 15 is 0 Å². The molecule has 1 aromatic heterocycles. The van der Waals surface area contributed by atoms with Gasteiger partial charge in [-0.2, -0.15) is 0 Å². The SMILES string of the molecule is CC(C)(C)n1c(-c2cccc(O)c2O)nc2ccccc21. The van der Waals surface area contributed by atoms with Crippen LogP contribution in [0.1, 0.15) is 20.8 Å². The summed E-state index contributed by atoms with van der Waals surface area (Å²) >= 11 is 0. The van der Waals surface area contributed by atoms with Crippen molar-refractivity contribution < 1.29 is 10.2 Å².